The molecule has 130 valence electrons. The van der Waals surface area contributed by atoms with Crippen LogP contribution < -0.4 is 10.1 Å². The van der Waals surface area contributed by atoms with Gasteiger partial charge in [0, 0.05) is 39.1 Å². The van der Waals surface area contributed by atoms with Crippen molar-refractivity contribution in [3.8, 4) is 5.75 Å². The van der Waals surface area contributed by atoms with E-state index in [2.05, 4.69) is 10.3 Å². The number of aryl methyl sites for hydroxylation is 2. The number of piperazine rings is 1. The molecule has 0 radical (unpaired) electrons. The molecule has 0 bridgehead atoms. The highest BCUT2D eigenvalue weighted by molar-refractivity contribution is 7.89. The Morgan fingerprint density at radius 3 is 2.79 bits per heavy atom. The summed E-state index contributed by atoms with van der Waals surface area (Å²) in [4.78, 5) is 4.62. The van der Waals surface area contributed by atoms with Crippen LogP contribution in [-0.4, -0.2) is 49.0 Å². The molecule has 1 aliphatic rings. The minimum atomic E-state index is -3.62. The average molecular weight is 350 g/mol. The zero-order valence-electron chi connectivity index (χ0n) is 14.1. The number of aromatic nitrogens is 2. The van der Waals surface area contributed by atoms with E-state index in [-0.39, 0.29) is 10.9 Å². The van der Waals surface area contributed by atoms with Gasteiger partial charge in [0.25, 0.3) is 0 Å². The Bertz CT molecular complexity index is 832. The average Bonchev–Trinajstić information content (AvgIpc) is 3.00. The standard InChI is InChI=1S/C16H22N4O3S/c1-12-10-13(4-5-15(12)23-3)24(21,22)20-9-6-17-11-14(20)16-18-7-8-19(16)2/h4-5,7-8,10,14,17H,6,9,11H2,1-3H3. The highest BCUT2D eigenvalue weighted by Crippen LogP contribution is 2.30. The maximum atomic E-state index is 13.2. The Morgan fingerprint density at radius 2 is 2.17 bits per heavy atom. The number of nitrogens with zero attached hydrogens (tertiary/aromatic N) is 3. The smallest absolute Gasteiger partial charge is 0.243 e. The van der Waals surface area contributed by atoms with Crippen molar-refractivity contribution in [3.05, 3.63) is 42.0 Å². The summed E-state index contributed by atoms with van der Waals surface area (Å²) in [5.74, 6) is 1.41. The molecule has 7 nitrogen and oxygen atoms in total. The van der Waals surface area contributed by atoms with Gasteiger partial charge >= 0.3 is 0 Å². The summed E-state index contributed by atoms with van der Waals surface area (Å²) in [6.45, 7) is 3.41. The summed E-state index contributed by atoms with van der Waals surface area (Å²) in [7, 11) is -0.169. The number of hydrogen-bond acceptors (Lipinski definition) is 5. The number of methoxy groups -OCH3 is 1. The van der Waals surface area contributed by atoms with Crippen LogP contribution in [0.25, 0.3) is 0 Å². The Balaban J connectivity index is 2.00. The monoisotopic (exact) mass is 350 g/mol. The molecule has 2 aromatic rings. The maximum absolute atomic E-state index is 13.2. The van der Waals surface area contributed by atoms with Crippen molar-refractivity contribution in [2.75, 3.05) is 26.7 Å². The van der Waals surface area contributed by atoms with E-state index in [0.29, 0.717) is 25.4 Å². The summed E-state index contributed by atoms with van der Waals surface area (Å²) in [5.41, 5.74) is 0.794. The summed E-state index contributed by atoms with van der Waals surface area (Å²) >= 11 is 0. The summed E-state index contributed by atoms with van der Waals surface area (Å²) in [5, 5.41) is 3.25. The van der Waals surface area contributed by atoms with Crippen molar-refractivity contribution in [1.82, 2.24) is 19.2 Å². The highest BCUT2D eigenvalue weighted by atomic mass is 32.2. The Morgan fingerprint density at radius 1 is 1.38 bits per heavy atom. The van der Waals surface area contributed by atoms with Crippen molar-refractivity contribution in [3.63, 3.8) is 0 Å². The molecule has 0 aliphatic carbocycles. The predicted molar refractivity (Wildman–Crippen MR) is 90.4 cm³/mol. The van der Waals surface area contributed by atoms with Gasteiger partial charge in [-0.1, -0.05) is 0 Å². The van der Waals surface area contributed by atoms with E-state index in [1.165, 1.54) is 4.31 Å². The van der Waals surface area contributed by atoms with E-state index >= 15 is 0 Å². The van der Waals surface area contributed by atoms with Crippen molar-refractivity contribution in [1.29, 1.82) is 0 Å². The van der Waals surface area contributed by atoms with Crippen LogP contribution in [0, 0.1) is 6.92 Å². The molecule has 1 unspecified atom stereocenters. The fourth-order valence-corrected chi connectivity index (χ4v) is 4.71. The largest absolute Gasteiger partial charge is 0.496 e. The van der Waals surface area contributed by atoms with Gasteiger partial charge in [-0.05, 0) is 30.7 Å². The molecular weight excluding hydrogens is 328 g/mol. The van der Waals surface area contributed by atoms with Crippen molar-refractivity contribution >= 4 is 10.0 Å². The molecule has 8 heteroatoms. The van der Waals surface area contributed by atoms with E-state index < -0.39 is 10.0 Å². The zero-order chi connectivity index (χ0) is 17.3. The first-order chi connectivity index (χ1) is 11.4. The Hall–Kier alpha value is -1.90. The van der Waals surface area contributed by atoms with E-state index in [0.717, 1.165) is 11.4 Å². The van der Waals surface area contributed by atoms with Crippen molar-refractivity contribution in [2.24, 2.45) is 7.05 Å². The second-order valence-corrected chi connectivity index (χ2v) is 7.75. The highest BCUT2D eigenvalue weighted by Gasteiger charge is 2.36. The van der Waals surface area contributed by atoms with Crippen LogP contribution in [0.3, 0.4) is 0 Å². The Labute approximate surface area is 142 Å². The van der Waals surface area contributed by atoms with Gasteiger partial charge in [-0.15, -0.1) is 0 Å². The minimum Gasteiger partial charge on any atom is -0.496 e. The van der Waals surface area contributed by atoms with E-state index in [1.54, 1.807) is 31.5 Å². The van der Waals surface area contributed by atoms with Gasteiger partial charge in [0.2, 0.25) is 10.0 Å². The molecular formula is C16H22N4O3S. The molecule has 1 atom stereocenters. The number of ether oxygens (including phenoxy) is 1. The second kappa shape index (κ2) is 6.54. The molecule has 1 N–H and O–H groups in total. The lowest BCUT2D eigenvalue weighted by Gasteiger charge is -2.34. The van der Waals surface area contributed by atoms with Gasteiger partial charge < -0.3 is 14.6 Å². The topological polar surface area (TPSA) is 76.5 Å². The number of nitrogens with one attached hydrogen (secondary N) is 1. The predicted octanol–water partition coefficient (Wildman–Crippen LogP) is 1.07. The van der Waals surface area contributed by atoms with Gasteiger partial charge in [-0.2, -0.15) is 4.31 Å². The van der Waals surface area contributed by atoms with Gasteiger partial charge in [-0.3, -0.25) is 0 Å². The molecule has 1 aromatic heterocycles. The fourth-order valence-electron chi connectivity index (χ4n) is 3.04. The van der Waals surface area contributed by atoms with Crippen LogP contribution in [0.2, 0.25) is 0 Å². The van der Waals surface area contributed by atoms with Crippen LogP contribution in [0.5, 0.6) is 5.75 Å². The summed E-state index contributed by atoms with van der Waals surface area (Å²) < 4.78 is 35.0. The number of rotatable bonds is 4. The second-order valence-electron chi connectivity index (χ2n) is 5.86. The molecule has 3 rings (SSSR count). The number of hydrogen-bond donors (Lipinski definition) is 1. The molecule has 0 amide bonds. The normalized spacial score (nSPS) is 19.4. The van der Waals surface area contributed by atoms with Gasteiger partial charge in [0.1, 0.15) is 11.6 Å². The number of imidazole rings is 1. The maximum Gasteiger partial charge on any atom is 0.243 e. The van der Waals surface area contributed by atoms with Gasteiger partial charge in [0.05, 0.1) is 18.0 Å². The Kier molecular flexibility index (Phi) is 4.62. The van der Waals surface area contributed by atoms with Crippen LogP contribution in [0.15, 0.2) is 35.5 Å². The third-order valence-electron chi connectivity index (χ3n) is 4.32. The molecule has 1 saturated heterocycles. The first-order valence-electron chi connectivity index (χ1n) is 7.79. The third-order valence-corrected chi connectivity index (χ3v) is 6.23. The lowest BCUT2D eigenvalue weighted by Crippen LogP contribution is -2.49. The molecule has 1 aliphatic heterocycles. The zero-order valence-corrected chi connectivity index (χ0v) is 14.9. The molecule has 24 heavy (non-hydrogen) atoms. The van der Waals surface area contributed by atoms with Crippen LogP contribution in [-0.2, 0) is 17.1 Å². The van der Waals surface area contributed by atoms with Gasteiger partial charge in [-0.25, -0.2) is 13.4 Å². The third kappa shape index (κ3) is 2.92. The van der Waals surface area contributed by atoms with Crippen LogP contribution >= 0.6 is 0 Å². The van der Waals surface area contributed by atoms with Crippen LogP contribution in [0.4, 0.5) is 0 Å². The molecule has 2 heterocycles. The summed E-state index contributed by atoms with van der Waals surface area (Å²) in [6.07, 6.45) is 3.51. The molecule has 1 aromatic carbocycles. The molecule has 1 fully saturated rings. The molecule has 0 spiro atoms. The van der Waals surface area contributed by atoms with Crippen molar-refractivity contribution in [2.45, 2.75) is 17.9 Å². The van der Waals surface area contributed by atoms with Crippen LogP contribution in [0.1, 0.15) is 17.4 Å². The first kappa shape index (κ1) is 16.9. The van der Waals surface area contributed by atoms with Crippen molar-refractivity contribution < 1.29 is 13.2 Å². The minimum absolute atomic E-state index is 0.280. The SMILES string of the molecule is COc1ccc(S(=O)(=O)N2CCNCC2c2nccn2C)cc1C. The number of benzene rings is 1. The lowest BCUT2D eigenvalue weighted by atomic mass is 10.2. The van der Waals surface area contributed by atoms with Gasteiger partial charge in [0.15, 0.2) is 0 Å². The fraction of sp³-hybridized carbons (Fsp3) is 0.438. The quantitative estimate of drug-likeness (QED) is 0.893. The van der Waals surface area contributed by atoms with E-state index in [1.807, 2.05) is 24.7 Å². The number of sulfonamides is 1. The molecule has 0 saturated carbocycles. The lowest BCUT2D eigenvalue weighted by molar-refractivity contribution is 0.258. The van der Waals surface area contributed by atoms with E-state index in [9.17, 15) is 8.42 Å². The summed E-state index contributed by atoms with van der Waals surface area (Å²) in [6, 6.07) is 4.62. The van der Waals surface area contributed by atoms with E-state index in [4.69, 9.17) is 4.74 Å². The first-order valence-corrected chi connectivity index (χ1v) is 9.23.